The van der Waals surface area contributed by atoms with Crippen LogP contribution in [0.3, 0.4) is 0 Å². The number of methoxy groups -OCH3 is 1. The Morgan fingerprint density at radius 2 is 1.93 bits per heavy atom. The summed E-state index contributed by atoms with van der Waals surface area (Å²) in [5.74, 6) is 1.31. The van der Waals surface area contributed by atoms with Crippen molar-refractivity contribution in [3.05, 3.63) is 40.8 Å². The third kappa shape index (κ3) is 4.34. The lowest BCUT2D eigenvalue weighted by Gasteiger charge is -2.34. The number of fused-ring (bicyclic) bond motifs is 1. The molecule has 1 aliphatic heterocycles. The molecule has 2 aliphatic rings. The van der Waals surface area contributed by atoms with Gasteiger partial charge >= 0.3 is 0 Å². The Labute approximate surface area is 176 Å². The standard InChI is InChI=1S/C20H25ClN4O3S/c1-28-18-7-6-14(21)12-19(18)29(26,27)24-15-8-10-25(11-9-15)20-16-4-2-3-5-17(16)22-13-23-20/h6-7,12-13,15,24H,2-5,8-11H2,1H3. The van der Waals surface area contributed by atoms with Crippen molar-refractivity contribution in [3.63, 3.8) is 0 Å². The molecule has 1 aromatic carbocycles. The lowest BCUT2D eigenvalue weighted by atomic mass is 9.95. The number of aryl methyl sites for hydroxylation is 1. The summed E-state index contributed by atoms with van der Waals surface area (Å²) in [5.41, 5.74) is 2.43. The zero-order valence-electron chi connectivity index (χ0n) is 16.4. The monoisotopic (exact) mass is 436 g/mol. The van der Waals surface area contributed by atoms with Gasteiger partial charge in [0.2, 0.25) is 10.0 Å². The maximum absolute atomic E-state index is 12.9. The predicted octanol–water partition coefficient (Wildman–Crippen LogP) is 2.96. The Morgan fingerprint density at radius 1 is 1.17 bits per heavy atom. The molecule has 2 heterocycles. The molecule has 1 fully saturated rings. The van der Waals surface area contributed by atoms with E-state index >= 15 is 0 Å². The highest BCUT2D eigenvalue weighted by Gasteiger charge is 2.29. The van der Waals surface area contributed by atoms with E-state index in [0.29, 0.717) is 17.9 Å². The highest BCUT2D eigenvalue weighted by atomic mass is 35.5. The van der Waals surface area contributed by atoms with Crippen LogP contribution in [0.1, 0.15) is 36.9 Å². The first-order valence-electron chi connectivity index (χ1n) is 9.91. The second kappa shape index (κ2) is 8.45. The van der Waals surface area contributed by atoms with Gasteiger partial charge in [0, 0.05) is 35.4 Å². The van der Waals surface area contributed by atoms with Gasteiger partial charge in [-0.1, -0.05) is 11.6 Å². The number of ether oxygens (including phenoxy) is 1. The van der Waals surface area contributed by atoms with E-state index in [1.807, 2.05) is 0 Å². The second-order valence-corrected chi connectivity index (χ2v) is 9.63. The molecule has 1 N–H and O–H groups in total. The van der Waals surface area contributed by atoms with Crippen LogP contribution in [0.15, 0.2) is 29.4 Å². The van der Waals surface area contributed by atoms with Crippen LogP contribution in [-0.2, 0) is 22.9 Å². The summed E-state index contributed by atoms with van der Waals surface area (Å²) >= 11 is 6.00. The number of nitrogens with one attached hydrogen (secondary N) is 1. The van der Waals surface area contributed by atoms with E-state index in [4.69, 9.17) is 16.3 Å². The summed E-state index contributed by atoms with van der Waals surface area (Å²) < 4.78 is 33.8. The zero-order chi connectivity index (χ0) is 20.4. The second-order valence-electron chi connectivity index (χ2n) is 7.51. The molecule has 0 bridgehead atoms. The van der Waals surface area contributed by atoms with Gasteiger partial charge in [-0.25, -0.2) is 23.1 Å². The van der Waals surface area contributed by atoms with Crippen molar-refractivity contribution in [3.8, 4) is 5.75 Å². The molecule has 9 heteroatoms. The number of halogens is 1. The Bertz CT molecular complexity index is 991. The molecule has 0 saturated carbocycles. The van der Waals surface area contributed by atoms with E-state index in [9.17, 15) is 8.42 Å². The third-order valence-corrected chi connectivity index (χ3v) is 7.41. The van der Waals surface area contributed by atoms with E-state index in [2.05, 4.69) is 19.6 Å². The molecule has 4 rings (SSSR count). The summed E-state index contributed by atoms with van der Waals surface area (Å²) in [5, 5.41) is 0.356. The van der Waals surface area contributed by atoms with Gasteiger partial charge in [-0.15, -0.1) is 0 Å². The number of piperidine rings is 1. The van der Waals surface area contributed by atoms with Crippen LogP contribution in [0.2, 0.25) is 5.02 Å². The highest BCUT2D eigenvalue weighted by molar-refractivity contribution is 7.89. The first-order chi connectivity index (χ1) is 14.0. The van der Waals surface area contributed by atoms with E-state index < -0.39 is 10.0 Å². The van der Waals surface area contributed by atoms with Gasteiger partial charge in [0.05, 0.1) is 7.11 Å². The molecule has 29 heavy (non-hydrogen) atoms. The molecule has 0 spiro atoms. The van der Waals surface area contributed by atoms with Crippen LogP contribution in [-0.4, -0.2) is 44.6 Å². The molecule has 7 nitrogen and oxygen atoms in total. The van der Waals surface area contributed by atoms with E-state index in [1.54, 1.807) is 18.5 Å². The normalized spacial score (nSPS) is 17.8. The molecular formula is C20H25ClN4O3S. The molecule has 0 radical (unpaired) electrons. The molecule has 0 atom stereocenters. The van der Waals surface area contributed by atoms with Crippen LogP contribution in [0.25, 0.3) is 0 Å². The first-order valence-corrected chi connectivity index (χ1v) is 11.8. The highest BCUT2D eigenvalue weighted by Crippen LogP contribution is 2.30. The van der Waals surface area contributed by atoms with Crippen molar-refractivity contribution in [2.45, 2.75) is 49.5 Å². The van der Waals surface area contributed by atoms with Crippen LogP contribution >= 0.6 is 11.6 Å². The minimum Gasteiger partial charge on any atom is -0.495 e. The van der Waals surface area contributed by atoms with Gasteiger partial charge in [0.25, 0.3) is 0 Å². The van der Waals surface area contributed by atoms with Crippen molar-refractivity contribution < 1.29 is 13.2 Å². The maximum Gasteiger partial charge on any atom is 0.244 e. The number of benzene rings is 1. The summed E-state index contributed by atoms with van der Waals surface area (Å²) in [4.78, 5) is 11.3. The fourth-order valence-corrected chi connectivity index (χ4v) is 5.87. The largest absolute Gasteiger partial charge is 0.495 e. The molecular weight excluding hydrogens is 412 g/mol. The summed E-state index contributed by atoms with van der Waals surface area (Å²) in [6, 6.07) is 4.46. The van der Waals surface area contributed by atoms with Crippen molar-refractivity contribution >= 4 is 27.4 Å². The lowest BCUT2D eigenvalue weighted by Crippen LogP contribution is -2.45. The molecule has 156 valence electrons. The summed E-state index contributed by atoms with van der Waals surface area (Å²) in [6.45, 7) is 1.51. The van der Waals surface area contributed by atoms with Crippen molar-refractivity contribution in [2.24, 2.45) is 0 Å². The van der Waals surface area contributed by atoms with Crippen molar-refractivity contribution in [1.82, 2.24) is 14.7 Å². The first kappa shape index (κ1) is 20.4. The number of hydrogen-bond donors (Lipinski definition) is 1. The number of nitrogens with zero attached hydrogens (tertiary/aromatic N) is 3. The average Bonchev–Trinajstić information content (AvgIpc) is 2.74. The zero-order valence-corrected chi connectivity index (χ0v) is 18.0. The van der Waals surface area contributed by atoms with Gasteiger partial charge in [0.15, 0.2) is 0 Å². The van der Waals surface area contributed by atoms with Crippen LogP contribution in [0.5, 0.6) is 5.75 Å². The minimum absolute atomic E-state index is 0.0693. The lowest BCUT2D eigenvalue weighted by molar-refractivity contribution is 0.401. The summed E-state index contributed by atoms with van der Waals surface area (Å²) in [7, 11) is -2.28. The number of aromatic nitrogens is 2. The Morgan fingerprint density at radius 3 is 2.69 bits per heavy atom. The maximum atomic E-state index is 12.9. The predicted molar refractivity (Wildman–Crippen MR) is 112 cm³/mol. The smallest absolute Gasteiger partial charge is 0.244 e. The topological polar surface area (TPSA) is 84.4 Å². The fourth-order valence-electron chi connectivity index (χ4n) is 4.13. The molecule has 1 saturated heterocycles. The van der Waals surface area contributed by atoms with Crippen LogP contribution in [0, 0.1) is 0 Å². The number of rotatable bonds is 5. The van der Waals surface area contributed by atoms with Gasteiger partial charge < -0.3 is 9.64 Å². The van der Waals surface area contributed by atoms with Gasteiger partial charge in [-0.3, -0.25) is 0 Å². The van der Waals surface area contributed by atoms with Crippen molar-refractivity contribution in [1.29, 1.82) is 0 Å². The molecule has 1 aromatic heterocycles. The third-order valence-electron chi connectivity index (χ3n) is 5.63. The van der Waals surface area contributed by atoms with Gasteiger partial charge in [0.1, 0.15) is 22.8 Å². The Balaban J connectivity index is 1.45. The Hall–Kier alpha value is -1.90. The molecule has 0 amide bonds. The number of hydrogen-bond acceptors (Lipinski definition) is 6. The van der Waals surface area contributed by atoms with E-state index in [0.717, 1.165) is 37.4 Å². The van der Waals surface area contributed by atoms with E-state index in [-0.39, 0.29) is 16.7 Å². The van der Waals surface area contributed by atoms with Crippen molar-refractivity contribution in [2.75, 3.05) is 25.1 Å². The van der Waals surface area contributed by atoms with Crippen LogP contribution < -0.4 is 14.4 Å². The molecule has 1 aliphatic carbocycles. The SMILES string of the molecule is COc1ccc(Cl)cc1S(=O)(=O)NC1CCN(c2ncnc3c2CCCC3)CC1. The number of anilines is 1. The van der Waals surface area contributed by atoms with Gasteiger partial charge in [-0.05, 0) is 56.7 Å². The Kier molecular flexibility index (Phi) is 5.94. The average molecular weight is 437 g/mol. The van der Waals surface area contributed by atoms with E-state index in [1.165, 1.54) is 31.6 Å². The fraction of sp³-hybridized carbons (Fsp3) is 0.500. The quantitative estimate of drug-likeness (QED) is 0.775. The summed E-state index contributed by atoms with van der Waals surface area (Å²) in [6.07, 6.45) is 7.46. The molecule has 0 unspecified atom stereocenters. The number of sulfonamides is 1. The van der Waals surface area contributed by atoms with Crippen LogP contribution in [0.4, 0.5) is 5.82 Å². The molecule has 2 aromatic rings. The minimum atomic E-state index is -3.73. The van der Waals surface area contributed by atoms with Gasteiger partial charge in [-0.2, -0.15) is 0 Å².